The fraction of sp³-hybridized carbons (Fsp3) is 0.387. The lowest BCUT2D eigenvalue weighted by atomic mass is 9.82. The molecule has 206 valence electrons. The maximum atomic E-state index is 15.9. The van der Waals surface area contributed by atoms with E-state index >= 15 is 8.78 Å². The highest BCUT2D eigenvalue weighted by atomic mass is 35.5. The molecular weight excluding hydrogens is 522 g/mol. The molecule has 3 aromatic carbocycles. The van der Waals surface area contributed by atoms with Gasteiger partial charge in [-0.2, -0.15) is 0 Å². The van der Waals surface area contributed by atoms with E-state index in [-0.39, 0.29) is 23.6 Å². The lowest BCUT2D eigenvalue weighted by Crippen LogP contribution is -2.48. The van der Waals surface area contributed by atoms with Gasteiger partial charge in [0, 0.05) is 35.7 Å². The van der Waals surface area contributed by atoms with Crippen LogP contribution in [0, 0.1) is 11.6 Å². The van der Waals surface area contributed by atoms with Crippen LogP contribution < -0.4 is 15.8 Å². The molecule has 0 radical (unpaired) electrons. The van der Waals surface area contributed by atoms with Crippen molar-refractivity contribution in [3.8, 4) is 16.9 Å². The third-order valence-electron chi connectivity index (χ3n) is 8.22. The first-order valence-corrected chi connectivity index (χ1v) is 13.8. The number of ether oxygens (including phenoxy) is 1. The standard InChI is InChI=1S/C31H33ClF2N2O3/c1-3-20-26(32)28(34)25(29(35)37)24(27(20)33)21-10-7-11-23-22(21)16-31(39-23,18-8-5-4-6-9-18)17-36-19-12-14-30(2,38)15-13-19/h4-11,19,36,38H,3,12-17H2,1-2H3,(H2,35,37)/t19?,30?,31-/m1/s1. The molecule has 1 amide bonds. The monoisotopic (exact) mass is 554 g/mol. The molecule has 4 N–H and O–H groups in total. The molecule has 1 aliphatic heterocycles. The van der Waals surface area contributed by atoms with Gasteiger partial charge in [-0.3, -0.25) is 4.79 Å². The molecule has 5 nitrogen and oxygen atoms in total. The number of halogens is 3. The second kappa shape index (κ2) is 10.5. The fourth-order valence-corrected chi connectivity index (χ4v) is 6.28. The molecule has 0 unspecified atom stereocenters. The number of hydrogen-bond acceptors (Lipinski definition) is 4. The van der Waals surface area contributed by atoms with Gasteiger partial charge in [0.25, 0.3) is 5.91 Å². The first-order chi connectivity index (χ1) is 18.6. The zero-order valence-electron chi connectivity index (χ0n) is 22.1. The van der Waals surface area contributed by atoms with Crippen molar-refractivity contribution in [1.82, 2.24) is 5.32 Å². The summed E-state index contributed by atoms with van der Waals surface area (Å²) in [5.41, 5.74) is 5.31. The summed E-state index contributed by atoms with van der Waals surface area (Å²) in [4.78, 5) is 12.4. The Hall–Kier alpha value is -3.00. The number of rotatable bonds is 7. The summed E-state index contributed by atoms with van der Waals surface area (Å²) in [5.74, 6) is -2.33. The Balaban J connectivity index is 1.58. The highest BCUT2D eigenvalue weighted by molar-refractivity contribution is 6.32. The van der Waals surface area contributed by atoms with Crippen molar-refractivity contribution in [2.45, 2.75) is 69.6 Å². The van der Waals surface area contributed by atoms with E-state index in [1.165, 1.54) is 0 Å². The molecular formula is C31H33ClF2N2O3. The van der Waals surface area contributed by atoms with Gasteiger partial charge >= 0.3 is 0 Å². The Kier molecular flexibility index (Phi) is 7.44. The highest BCUT2D eigenvalue weighted by Crippen LogP contribution is 2.48. The third kappa shape index (κ3) is 5.04. The molecule has 39 heavy (non-hydrogen) atoms. The number of fused-ring (bicyclic) bond motifs is 1. The van der Waals surface area contributed by atoms with Gasteiger partial charge in [-0.15, -0.1) is 0 Å². The van der Waals surface area contributed by atoms with E-state index in [2.05, 4.69) is 5.32 Å². The van der Waals surface area contributed by atoms with Gasteiger partial charge in [0.2, 0.25) is 0 Å². The number of nitrogens with one attached hydrogen (secondary N) is 1. The van der Waals surface area contributed by atoms with Gasteiger partial charge in [-0.05, 0) is 56.2 Å². The van der Waals surface area contributed by atoms with Crippen LogP contribution in [0.15, 0.2) is 48.5 Å². The second-order valence-corrected chi connectivity index (χ2v) is 11.3. The van der Waals surface area contributed by atoms with Crippen LogP contribution in [0.1, 0.15) is 66.6 Å². The first-order valence-electron chi connectivity index (χ1n) is 13.4. The molecule has 3 aromatic rings. The molecule has 0 spiro atoms. The summed E-state index contributed by atoms with van der Waals surface area (Å²) in [6.45, 7) is 4.01. The quantitative estimate of drug-likeness (QED) is 0.310. The molecule has 1 atom stereocenters. The Morgan fingerprint density at radius 2 is 1.82 bits per heavy atom. The van der Waals surface area contributed by atoms with E-state index in [9.17, 15) is 9.90 Å². The zero-order chi connectivity index (χ0) is 27.9. The molecule has 0 saturated heterocycles. The van der Waals surface area contributed by atoms with E-state index in [0.29, 0.717) is 42.7 Å². The Bertz CT molecular complexity index is 1400. The number of primary amides is 1. The second-order valence-electron chi connectivity index (χ2n) is 11.0. The van der Waals surface area contributed by atoms with Crippen molar-refractivity contribution in [2.24, 2.45) is 5.73 Å². The van der Waals surface area contributed by atoms with E-state index in [1.54, 1.807) is 25.1 Å². The molecule has 8 heteroatoms. The molecule has 2 aliphatic rings. The minimum Gasteiger partial charge on any atom is -0.481 e. The smallest absolute Gasteiger partial charge is 0.252 e. The van der Waals surface area contributed by atoms with Crippen LogP contribution in [0.3, 0.4) is 0 Å². The number of benzene rings is 3. The SMILES string of the molecule is CCc1c(F)c(-c2cccc3c2C[C@@](CNC2CCC(C)(O)CC2)(c2ccccc2)O3)c(C(N)=O)c(F)c1Cl. The van der Waals surface area contributed by atoms with Crippen molar-refractivity contribution in [3.05, 3.63) is 87.4 Å². The number of aliphatic hydroxyl groups is 1. The van der Waals surface area contributed by atoms with Crippen LogP contribution >= 0.6 is 11.6 Å². The first kappa shape index (κ1) is 27.6. The van der Waals surface area contributed by atoms with Crippen molar-refractivity contribution < 1.29 is 23.4 Å². The Labute approximate surface area is 232 Å². The van der Waals surface area contributed by atoms with Crippen LogP contribution in [-0.2, 0) is 18.4 Å². The molecule has 1 heterocycles. The topological polar surface area (TPSA) is 84.6 Å². The van der Waals surface area contributed by atoms with Crippen LogP contribution in [-0.4, -0.2) is 29.2 Å². The van der Waals surface area contributed by atoms with Gasteiger partial charge in [0.05, 0.1) is 16.2 Å². The summed E-state index contributed by atoms with van der Waals surface area (Å²) in [5, 5.41) is 13.6. The Morgan fingerprint density at radius 1 is 1.13 bits per heavy atom. The largest absolute Gasteiger partial charge is 0.481 e. The van der Waals surface area contributed by atoms with Crippen LogP contribution in [0.25, 0.3) is 11.1 Å². The van der Waals surface area contributed by atoms with E-state index in [1.807, 2.05) is 37.3 Å². The van der Waals surface area contributed by atoms with Crippen molar-refractivity contribution in [1.29, 1.82) is 0 Å². The average molecular weight is 555 g/mol. The maximum absolute atomic E-state index is 15.9. The lowest BCUT2D eigenvalue weighted by molar-refractivity contribution is 0.0104. The third-order valence-corrected chi connectivity index (χ3v) is 8.61. The minimum absolute atomic E-state index is 0.00476. The number of amides is 1. The minimum atomic E-state index is -1.09. The number of carbonyl (C=O) groups is 1. The molecule has 0 bridgehead atoms. The number of nitrogens with two attached hydrogens (primary N) is 1. The van der Waals surface area contributed by atoms with E-state index in [4.69, 9.17) is 22.1 Å². The van der Waals surface area contributed by atoms with Gasteiger partial charge in [0.1, 0.15) is 11.6 Å². The highest BCUT2D eigenvalue weighted by Gasteiger charge is 2.43. The predicted octanol–water partition coefficient (Wildman–Crippen LogP) is 6.06. The van der Waals surface area contributed by atoms with Gasteiger partial charge < -0.3 is 20.9 Å². The molecule has 1 saturated carbocycles. The van der Waals surface area contributed by atoms with Crippen LogP contribution in [0.4, 0.5) is 8.78 Å². The van der Waals surface area contributed by atoms with Crippen molar-refractivity contribution >= 4 is 17.5 Å². The van der Waals surface area contributed by atoms with Gasteiger partial charge in [0.15, 0.2) is 11.4 Å². The van der Waals surface area contributed by atoms with Gasteiger partial charge in [-0.25, -0.2) is 8.78 Å². The average Bonchev–Trinajstić information content (AvgIpc) is 3.31. The van der Waals surface area contributed by atoms with Crippen molar-refractivity contribution in [3.63, 3.8) is 0 Å². The molecule has 0 aromatic heterocycles. The summed E-state index contributed by atoms with van der Waals surface area (Å²) in [7, 11) is 0. The summed E-state index contributed by atoms with van der Waals surface area (Å²) >= 11 is 6.11. The molecule has 5 rings (SSSR count). The van der Waals surface area contributed by atoms with Crippen molar-refractivity contribution in [2.75, 3.05) is 6.54 Å². The van der Waals surface area contributed by atoms with E-state index < -0.39 is 39.3 Å². The van der Waals surface area contributed by atoms with Crippen LogP contribution in [0.5, 0.6) is 5.75 Å². The van der Waals surface area contributed by atoms with Gasteiger partial charge in [-0.1, -0.05) is 61.0 Å². The summed E-state index contributed by atoms with van der Waals surface area (Å²) in [6.07, 6.45) is 3.62. The number of carbonyl (C=O) groups excluding carboxylic acids is 1. The Morgan fingerprint density at radius 3 is 2.46 bits per heavy atom. The lowest BCUT2D eigenvalue weighted by Gasteiger charge is -2.36. The summed E-state index contributed by atoms with van der Waals surface area (Å²) in [6, 6.07) is 15.2. The molecule has 1 aliphatic carbocycles. The van der Waals surface area contributed by atoms with Crippen LogP contribution in [0.2, 0.25) is 5.02 Å². The normalized spacial score (nSPS) is 24.3. The number of hydrogen-bond donors (Lipinski definition) is 3. The predicted molar refractivity (Wildman–Crippen MR) is 148 cm³/mol. The fourth-order valence-electron chi connectivity index (χ4n) is 5.97. The van der Waals surface area contributed by atoms with E-state index in [0.717, 1.165) is 18.4 Å². The molecule has 1 fully saturated rings. The summed E-state index contributed by atoms with van der Waals surface area (Å²) < 4.78 is 37.9. The zero-order valence-corrected chi connectivity index (χ0v) is 22.9. The maximum Gasteiger partial charge on any atom is 0.252 e.